The van der Waals surface area contributed by atoms with E-state index in [0.717, 1.165) is 20.9 Å². The second-order valence-electron chi connectivity index (χ2n) is 6.63. The van der Waals surface area contributed by atoms with E-state index in [1.54, 1.807) is 13.8 Å². The van der Waals surface area contributed by atoms with Crippen LogP contribution in [0.15, 0.2) is 105 Å². The first-order chi connectivity index (χ1) is 14.5. The summed E-state index contributed by atoms with van der Waals surface area (Å²) in [5.74, 6) is 0.0666. The van der Waals surface area contributed by atoms with E-state index in [4.69, 9.17) is 0 Å². The number of hydrogen-bond acceptors (Lipinski definition) is 4. The van der Waals surface area contributed by atoms with Crippen LogP contribution in [-0.4, -0.2) is 11.6 Å². The third-order valence-corrected chi connectivity index (χ3v) is 6.43. The van der Waals surface area contributed by atoms with Crippen LogP contribution in [0.5, 0.6) is 0 Å². The molecule has 3 rings (SSSR count). The summed E-state index contributed by atoms with van der Waals surface area (Å²) in [5.41, 5.74) is 1.89. The van der Waals surface area contributed by atoms with Gasteiger partial charge in [0.1, 0.15) is 0 Å². The second-order valence-corrected chi connectivity index (χ2v) is 8.86. The molecule has 4 heteroatoms. The molecule has 0 saturated carbocycles. The SMILES string of the molecule is CC(=O)/C(=C\c1ccc(/C=C(/Sc2ccccc2)C(C)=O)cc1)Sc1ccccc1. The first-order valence-corrected chi connectivity index (χ1v) is 11.2. The minimum atomic E-state index is 0.0333. The van der Waals surface area contributed by atoms with Gasteiger partial charge in [0.05, 0.1) is 9.81 Å². The zero-order valence-electron chi connectivity index (χ0n) is 16.9. The Hall–Kier alpha value is -2.82. The Morgan fingerprint density at radius 1 is 0.567 bits per heavy atom. The lowest BCUT2D eigenvalue weighted by molar-refractivity contribution is -0.113. The van der Waals surface area contributed by atoms with Gasteiger partial charge in [0.15, 0.2) is 11.6 Å². The number of rotatable bonds is 8. The number of hydrogen-bond donors (Lipinski definition) is 0. The molecule has 0 N–H and O–H groups in total. The second kappa shape index (κ2) is 10.8. The van der Waals surface area contributed by atoms with Gasteiger partial charge in [-0.2, -0.15) is 0 Å². The number of thioether (sulfide) groups is 2. The smallest absolute Gasteiger partial charge is 0.166 e. The molecule has 0 atom stereocenters. The minimum absolute atomic E-state index is 0.0333. The molecule has 0 bridgehead atoms. The van der Waals surface area contributed by atoms with Crippen molar-refractivity contribution in [1.29, 1.82) is 0 Å². The number of benzene rings is 3. The van der Waals surface area contributed by atoms with E-state index in [1.165, 1.54) is 23.5 Å². The van der Waals surface area contributed by atoms with E-state index in [2.05, 4.69) is 0 Å². The number of ketones is 2. The Labute approximate surface area is 186 Å². The molecule has 0 aliphatic rings. The van der Waals surface area contributed by atoms with Gasteiger partial charge in [0.2, 0.25) is 0 Å². The molecular formula is C26H22O2S2. The van der Waals surface area contributed by atoms with Crippen LogP contribution in [0.25, 0.3) is 12.2 Å². The predicted molar refractivity (Wildman–Crippen MR) is 128 cm³/mol. The Morgan fingerprint density at radius 3 is 1.20 bits per heavy atom. The third kappa shape index (κ3) is 6.61. The third-order valence-electron chi connectivity index (χ3n) is 4.17. The van der Waals surface area contributed by atoms with E-state index >= 15 is 0 Å². The first-order valence-electron chi connectivity index (χ1n) is 9.52. The molecule has 0 spiro atoms. The quantitative estimate of drug-likeness (QED) is 0.281. The maximum absolute atomic E-state index is 12.1. The summed E-state index contributed by atoms with van der Waals surface area (Å²) in [6.45, 7) is 3.16. The summed E-state index contributed by atoms with van der Waals surface area (Å²) in [5, 5.41) is 0. The maximum atomic E-state index is 12.1. The van der Waals surface area contributed by atoms with Crippen LogP contribution in [0.4, 0.5) is 0 Å². The summed E-state index contributed by atoms with van der Waals surface area (Å²) in [4.78, 5) is 27.6. The summed E-state index contributed by atoms with van der Waals surface area (Å²) in [7, 11) is 0. The molecule has 0 fully saturated rings. The molecule has 2 nitrogen and oxygen atoms in total. The lowest BCUT2D eigenvalue weighted by Crippen LogP contribution is -1.93. The minimum Gasteiger partial charge on any atom is -0.294 e. The van der Waals surface area contributed by atoms with E-state index in [1.807, 2.05) is 97.1 Å². The van der Waals surface area contributed by atoms with E-state index in [-0.39, 0.29) is 11.6 Å². The van der Waals surface area contributed by atoms with Gasteiger partial charge >= 0.3 is 0 Å². The molecule has 0 aliphatic heterocycles. The van der Waals surface area contributed by atoms with E-state index < -0.39 is 0 Å². The van der Waals surface area contributed by atoms with Crippen molar-refractivity contribution in [2.45, 2.75) is 23.6 Å². The molecule has 30 heavy (non-hydrogen) atoms. The predicted octanol–water partition coefficient (Wildman–Crippen LogP) is 7.13. The molecule has 0 aliphatic carbocycles. The first kappa shape index (κ1) is 21.9. The van der Waals surface area contributed by atoms with Crippen molar-refractivity contribution < 1.29 is 9.59 Å². The van der Waals surface area contributed by atoms with Gasteiger partial charge in [0.25, 0.3) is 0 Å². The number of Topliss-reactive ketones (excluding diaryl/α,β-unsaturated/α-hetero) is 2. The van der Waals surface area contributed by atoms with Gasteiger partial charge in [-0.3, -0.25) is 9.59 Å². The highest BCUT2D eigenvalue weighted by atomic mass is 32.2. The van der Waals surface area contributed by atoms with Crippen LogP contribution < -0.4 is 0 Å². The van der Waals surface area contributed by atoms with Crippen molar-refractivity contribution >= 4 is 47.2 Å². The fraction of sp³-hybridized carbons (Fsp3) is 0.0769. The van der Waals surface area contributed by atoms with Gasteiger partial charge in [-0.05, 0) is 61.4 Å². The molecule has 0 saturated heterocycles. The maximum Gasteiger partial charge on any atom is 0.166 e. The molecule has 0 amide bonds. The zero-order valence-corrected chi connectivity index (χ0v) is 18.5. The van der Waals surface area contributed by atoms with Gasteiger partial charge < -0.3 is 0 Å². The molecule has 0 unspecified atom stereocenters. The van der Waals surface area contributed by atoms with Crippen LogP contribution >= 0.6 is 23.5 Å². The van der Waals surface area contributed by atoms with Crippen molar-refractivity contribution in [1.82, 2.24) is 0 Å². The van der Waals surface area contributed by atoms with Gasteiger partial charge in [0, 0.05) is 9.79 Å². The number of allylic oxidation sites excluding steroid dienone is 2. The standard InChI is InChI=1S/C26H22O2S2/c1-19(27)25(29-23-9-5-3-6-10-23)17-21-13-15-22(16-14-21)18-26(20(2)28)30-24-11-7-4-8-12-24/h3-18H,1-2H3/b25-17+,26-18+. The molecular weight excluding hydrogens is 408 g/mol. The molecule has 150 valence electrons. The lowest BCUT2D eigenvalue weighted by Gasteiger charge is -2.06. The Bertz CT molecular complexity index is 979. The summed E-state index contributed by atoms with van der Waals surface area (Å²) in [6, 6.07) is 27.6. The highest BCUT2D eigenvalue weighted by Crippen LogP contribution is 2.30. The highest BCUT2D eigenvalue weighted by molar-refractivity contribution is 8.04. The summed E-state index contributed by atoms with van der Waals surface area (Å²) in [6.07, 6.45) is 3.80. The molecule has 0 aromatic heterocycles. The average molecular weight is 431 g/mol. The van der Waals surface area contributed by atoms with Crippen molar-refractivity contribution in [3.8, 4) is 0 Å². The van der Waals surface area contributed by atoms with Gasteiger partial charge in [-0.1, -0.05) is 84.2 Å². The highest BCUT2D eigenvalue weighted by Gasteiger charge is 2.08. The van der Waals surface area contributed by atoms with E-state index in [9.17, 15) is 9.59 Å². The Balaban J connectivity index is 1.80. The van der Waals surface area contributed by atoms with Crippen LogP contribution in [0.1, 0.15) is 25.0 Å². The fourth-order valence-corrected chi connectivity index (χ4v) is 4.40. The molecule has 0 radical (unpaired) electrons. The normalized spacial score (nSPS) is 11.9. The molecule has 3 aromatic rings. The van der Waals surface area contributed by atoms with Gasteiger partial charge in [-0.15, -0.1) is 0 Å². The average Bonchev–Trinajstić information content (AvgIpc) is 2.75. The van der Waals surface area contributed by atoms with Crippen LogP contribution in [0.2, 0.25) is 0 Å². The lowest BCUT2D eigenvalue weighted by atomic mass is 10.1. The fourth-order valence-electron chi connectivity index (χ4n) is 2.63. The molecule has 0 heterocycles. The largest absolute Gasteiger partial charge is 0.294 e. The summed E-state index contributed by atoms with van der Waals surface area (Å²) >= 11 is 2.93. The topological polar surface area (TPSA) is 34.1 Å². The molecule has 3 aromatic carbocycles. The van der Waals surface area contributed by atoms with Crippen molar-refractivity contribution in [2.24, 2.45) is 0 Å². The Morgan fingerprint density at radius 2 is 0.900 bits per heavy atom. The van der Waals surface area contributed by atoms with E-state index in [0.29, 0.717) is 9.81 Å². The number of carbonyl (C=O) groups excluding carboxylic acids is 2. The number of carbonyl (C=O) groups is 2. The van der Waals surface area contributed by atoms with Crippen LogP contribution in [-0.2, 0) is 9.59 Å². The van der Waals surface area contributed by atoms with Crippen molar-refractivity contribution in [3.05, 3.63) is 106 Å². The van der Waals surface area contributed by atoms with Gasteiger partial charge in [-0.25, -0.2) is 0 Å². The van der Waals surface area contributed by atoms with Crippen LogP contribution in [0, 0.1) is 0 Å². The van der Waals surface area contributed by atoms with Crippen molar-refractivity contribution in [2.75, 3.05) is 0 Å². The Kier molecular flexibility index (Phi) is 7.89. The zero-order chi connectivity index (χ0) is 21.3. The summed E-state index contributed by atoms with van der Waals surface area (Å²) < 4.78 is 0. The van der Waals surface area contributed by atoms with Crippen molar-refractivity contribution in [3.63, 3.8) is 0 Å². The van der Waals surface area contributed by atoms with Crippen LogP contribution in [0.3, 0.4) is 0 Å². The monoisotopic (exact) mass is 430 g/mol.